The predicted molar refractivity (Wildman–Crippen MR) is 209 cm³/mol. The first-order chi connectivity index (χ1) is 25.5. The Labute approximate surface area is 325 Å². The van der Waals surface area contributed by atoms with E-state index < -0.39 is 5.97 Å². The van der Waals surface area contributed by atoms with Crippen molar-refractivity contribution in [3.63, 3.8) is 0 Å². The molecule has 0 unspecified atom stereocenters. The van der Waals surface area contributed by atoms with E-state index in [0.29, 0.717) is 56.5 Å². The number of allylic oxidation sites excluding steroid dienone is 2. The summed E-state index contributed by atoms with van der Waals surface area (Å²) in [6.45, 7) is 12.2. The van der Waals surface area contributed by atoms with Crippen LogP contribution < -0.4 is 5.32 Å². The van der Waals surface area contributed by atoms with Crippen LogP contribution in [0.1, 0.15) is 98.3 Å². The largest absolute Gasteiger partial charge is 0.463 e. The molecule has 10 atom stereocenters. The fourth-order valence-electron chi connectivity index (χ4n) is 11.1. The zero-order chi connectivity index (χ0) is 37.8. The van der Waals surface area contributed by atoms with E-state index in [1.807, 2.05) is 0 Å². The highest BCUT2D eigenvalue weighted by Gasteiger charge is 2.62. The van der Waals surface area contributed by atoms with Crippen LogP contribution >= 0.6 is 21.6 Å². The number of fused-ring (bicyclic) bond motifs is 6. The second-order valence-corrected chi connectivity index (χ2v) is 19.5. The van der Waals surface area contributed by atoms with E-state index in [-0.39, 0.29) is 66.4 Å². The maximum atomic E-state index is 13.9. The Bertz CT molecular complexity index is 1390. The molecule has 2 saturated heterocycles. The van der Waals surface area contributed by atoms with Crippen molar-refractivity contribution in [1.29, 1.82) is 0 Å². The molecule has 53 heavy (non-hydrogen) atoms. The van der Waals surface area contributed by atoms with Gasteiger partial charge in [-0.05, 0) is 93.0 Å². The lowest BCUT2D eigenvalue weighted by atomic mass is 9.56. The van der Waals surface area contributed by atoms with Gasteiger partial charge in [-0.1, -0.05) is 59.6 Å². The quantitative estimate of drug-likeness (QED) is 0.0822. The number of nitrogens with zero attached hydrogens (tertiary/aromatic N) is 1. The topological polar surface area (TPSA) is 124 Å². The monoisotopic (exact) mass is 776 g/mol. The van der Waals surface area contributed by atoms with Gasteiger partial charge in [0, 0.05) is 50.5 Å². The molecule has 6 aliphatic rings. The van der Waals surface area contributed by atoms with E-state index in [4.69, 9.17) is 18.9 Å². The average Bonchev–Trinajstić information content (AvgIpc) is 3.66. The normalized spacial score (nSPS) is 36.0. The number of hydrogen-bond acceptors (Lipinski definition) is 10. The Morgan fingerprint density at radius 3 is 2.64 bits per heavy atom. The van der Waals surface area contributed by atoms with E-state index in [1.54, 1.807) is 34.3 Å². The molecule has 2 saturated carbocycles. The molecule has 2 heterocycles. The van der Waals surface area contributed by atoms with Gasteiger partial charge in [0.1, 0.15) is 6.61 Å². The van der Waals surface area contributed by atoms with Crippen LogP contribution in [0.25, 0.3) is 0 Å². The number of nitrogens with one attached hydrogen (secondary N) is 1. The first-order valence-corrected chi connectivity index (χ1v) is 22.8. The Hall–Kier alpha value is -1.57. The first kappa shape index (κ1) is 41.1. The molecule has 1 spiro atoms. The second-order valence-electron chi connectivity index (χ2n) is 16.8. The second kappa shape index (κ2) is 18.1. The zero-order valence-corrected chi connectivity index (χ0v) is 34.3. The molecule has 0 radical (unpaired) electrons. The van der Waals surface area contributed by atoms with Gasteiger partial charge in [0.15, 0.2) is 0 Å². The van der Waals surface area contributed by atoms with E-state index >= 15 is 0 Å². The van der Waals surface area contributed by atoms with Gasteiger partial charge < -0.3 is 34.3 Å². The summed E-state index contributed by atoms with van der Waals surface area (Å²) in [6, 6.07) is 0.111. The van der Waals surface area contributed by atoms with Gasteiger partial charge >= 0.3 is 5.97 Å². The summed E-state index contributed by atoms with van der Waals surface area (Å²) in [7, 11) is 4.93. The number of aliphatic hydroxyl groups is 1. The third-order valence-electron chi connectivity index (χ3n) is 13.8. The molecule has 0 aromatic carbocycles. The minimum Gasteiger partial charge on any atom is -0.463 e. The number of likely N-dealkylation sites (tertiary alicyclic amines) is 1. The summed E-state index contributed by atoms with van der Waals surface area (Å²) in [5.74, 6) is 3.73. The number of esters is 1. The van der Waals surface area contributed by atoms with Crippen LogP contribution in [-0.4, -0.2) is 110 Å². The maximum Gasteiger partial charge on any atom is 0.306 e. The molecule has 10 nitrogen and oxygen atoms in total. The van der Waals surface area contributed by atoms with Crippen molar-refractivity contribution in [2.45, 2.75) is 122 Å². The van der Waals surface area contributed by atoms with Crippen molar-refractivity contribution in [1.82, 2.24) is 10.2 Å². The fourth-order valence-corrected chi connectivity index (χ4v) is 12.9. The van der Waals surface area contributed by atoms with Crippen LogP contribution in [0.5, 0.6) is 0 Å². The summed E-state index contributed by atoms with van der Waals surface area (Å²) >= 11 is 0. The van der Waals surface area contributed by atoms with E-state index in [1.165, 1.54) is 17.6 Å². The number of aliphatic hydroxyl groups excluding tert-OH is 1. The van der Waals surface area contributed by atoms with Crippen molar-refractivity contribution >= 4 is 39.4 Å². The number of carbonyl (C=O) groups is 3. The number of ether oxygens (including phenoxy) is 4. The third kappa shape index (κ3) is 8.88. The first-order valence-electron chi connectivity index (χ1n) is 20.3. The summed E-state index contributed by atoms with van der Waals surface area (Å²) in [6.07, 6.45) is 11.4. The minimum atomic E-state index is -0.411. The van der Waals surface area contributed by atoms with Crippen molar-refractivity contribution in [2.24, 2.45) is 35.0 Å². The van der Waals surface area contributed by atoms with Crippen LogP contribution in [0.15, 0.2) is 22.8 Å². The van der Waals surface area contributed by atoms with Gasteiger partial charge in [0.05, 0.1) is 50.1 Å². The van der Waals surface area contributed by atoms with Crippen molar-refractivity contribution < 1.29 is 38.4 Å². The van der Waals surface area contributed by atoms with Crippen LogP contribution in [0, 0.1) is 35.0 Å². The molecule has 4 aliphatic carbocycles. The number of methoxy groups -OCH3 is 1. The van der Waals surface area contributed by atoms with Gasteiger partial charge in [0.25, 0.3) is 0 Å². The van der Waals surface area contributed by atoms with E-state index in [0.717, 1.165) is 63.0 Å². The van der Waals surface area contributed by atoms with Crippen LogP contribution in [0.2, 0.25) is 0 Å². The average molecular weight is 777 g/mol. The van der Waals surface area contributed by atoms with Gasteiger partial charge in [-0.15, -0.1) is 0 Å². The highest BCUT2D eigenvalue weighted by atomic mass is 33.1. The summed E-state index contributed by atoms with van der Waals surface area (Å²) in [5, 5.41) is 13.3. The molecule has 2 aliphatic heterocycles. The molecule has 6 rings (SSSR count). The molecule has 4 fully saturated rings. The molecular formula is C41H64N2O8S2. The summed E-state index contributed by atoms with van der Waals surface area (Å²) in [5.41, 5.74) is 4.57. The number of piperidine rings is 1. The fraction of sp³-hybridized carbons (Fsp3) is 0.829. The predicted octanol–water partition coefficient (Wildman–Crippen LogP) is 6.12. The SMILES string of the molecule is COCCOCCOC(=O)CCC(=O)NCCSSCCC(=O)N1C[C@@H](C)C[C@H]2O[C@]3(CC[C@@H]4C(=C3C)C[C@H]3[C@H]4CC=C4C[C@@H](O)CC[C@@]43C)[C@H](C)[C@@H]21. The minimum absolute atomic E-state index is 0.0402. The maximum absolute atomic E-state index is 13.9. The molecule has 0 aromatic heterocycles. The van der Waals surface area contributed by atoms with Crippen LogP contribution in [0.3, 0.4) is 0 Å². The van der Waals surface area contributed by atoms with Gasteiger partial charge in [-0.3, -0.25) is 14.4 Å². The molecule has 12 heteroatoms. The Balaban J connectivity index is 0.947. The highest BCUT2D eigenvalue weighted by Crippen LogP contribution is 2.65. The number of hydrogen-bond donors (Lipinski definition) is 2. The number of rotatable bonds is 16. The van der Waals surface area contributed by atoms with Gasteiger partial charge in [-0.25, -0.2) is 0 Å². The van der Waals surface area contributed by atoms with Crippen molar-refractivity contribution in [3.05, 3.63) is 22.8 Å². The lowest BCUT2D eigenvalue weighted by Crippen LogP contribution is -2.54. The number of carbonyl (C=O) groups excluding carboxylic acids is 3. The van der Waals surface area contributed by atoms with E-state index in [2.05, 4.69) is 44.0 Å². The highest BCUT2D eigenvalue weighted by molar-refractivity contribution is 8.76. The molecule has 298 valence electrons. The van der Waals surface area contributed by atoms with Crippen molar-refractivity contribution in [2.75, 3.05) is 58.1 Å². The standard InChI is InChI=1S/C41H64N2O8S2/c1-26-22-35-39(43(25-26)37(46)12-20-52-53-21-15-42-36(45)8-9-38(47)50-19-18-49-17-16-48-5)28(3)41(51-35)14-11-31-32-7-6-29-23-30(44)10-13-40(29,4)34(32)24-33(31)27(41)2/h6,26,28,30-32,34-35,39,44H,7-25H2,1-5H3,(H,42,45)/t26-,28+,30-,31-,32-,34-,35+,39-,40-,41-/m0/s1. The summed E-state index contributed by atoms with van der Waals surface area (Å²) < 4.78 is 22.5. The molecule has 2 amide bonds. The Morgan fingerprint density at radius 1 is 1.04 bits per heavy atom. The zero-order valence-electron chi connectivity index (χ0n) is 32.7. The van der Waals surface area contributed by atoms with Gasteiger partial charge in [-0.2, -0.15) is 0 Å². The Morgan fingerprint density at radius 2 is 1.83 bits per heavy atom. The lowest BCUT2D eigenvalue weighted by molar-refractivity contribution is -0.146. The third-order valence-corrected chi connectivity index (χ3v) is 16.2. The molecule has 0 bridgehead atoms. The van der Waals surface area contributed by atoms with E-state index in [9.17, 15) is 19.5 Å². The number of amides is 2. The summed E-state index contributed by atoms with van der Waals surface area (Å²) in [4.78, 5) is 40.1. The smallest absolute Gasteiger partial charge is 0.306 e. The lowest BCUT2D eigenvalue weighted by Gasteiger charge is -2.49. The molecular weight excluding hydrogens is 713 g/mol. The van der Waals surface area contributed by atoms with Crippen LogP contribution in [0.4, 0.5) is 0 Å². The van der Waals surface area contributed by atoms with Crippen LogP contribution in [-0.2, 0) is 33.3 Å². The van der Waals surface area contributed by atoms with Gasteiger partial charge in [0.2, 0.25) is 11.8 Å². The molecule has 2 N–H and O–H groups in total. The molecule has 0 aromatic rings. The Kier molecular flexibility index (Phi) is 14.1. The van der Waals surface area contributed by atoms with Crippen molar-refractivity contribution in [3.8, 4) is 0 Å².